The Morgan fingerprint density at radius 2 is 1.44 bits per heavy atom. The van der Waals surface area contributed by atoms with Crippen LogP contribution in [0, 0.1) is 0 Å². The number of ether oxygens (including phenoxy) is 5. The number of esters is 3. The molecule has 198 valence electrons. The molecule has 0 spiro atoms. The Labute approximate surface area is 196 Å². The van der Waals surface area contributed by atoms with Gasteiger partial charge in [0.2, 0.25) is 0 Å². The monoisotopic (exact) mass is 538 g/mol. The molecule has 0 N–H and O–H groups in total. The van der Waals surface area contributed by atoms with Gasteiger partial charge in [-0.15, -0.1) is 0 Å². The van der Waals surface area contributed by atoms with Gasteiger partial charge in [-0.1, -0.05) is 19.6 Å². The molecule has 1 rings (SSSR count). The van der Waals surface area contributed by atoms with Crippen molar-refractivity contribution in [1.29, 1.82) is 0 Å². The van der Waals surface area contributed by atoms with E-state index in [1.165, 1.54) is 0 Å². The average molecular weight is 539 g/mol. The average Bonchev–Trinajstić information content (AvgIpc) is 2.61. The zero-order valence-corrected chi connectivity index (χ0v) is 21.4. The second kappa shape index (κ2) is 11.8. The van der Waals surface area contributed by atoms with Gasteiger partial charge in [0.15, 0.2) is 18.5 Å². The minimum absolute atomic E-state index is 0.0810. The van der Waals surface area contributed by atoms with Crippen LogP contribution >= 0.6 is 0 Å². The molecule has 1 aliphatic heterocycles. The second-order valence-electron chi connectivity index (χ2n) is 8.64. The molecule has 1 fully saturated rings. The Morgan fingerprint density at radius 1 is 0.912 bits per heavy atom. The van der Waals surface area contributed by atoms with Crippen LogP contribution < -0.4 is 0 Å². The summed E-state index contributed by atoms with van der Waals surface area (Å²) in [4.78, 5) is 34.7. The molecule has 5 atom stereocenters. The minimum atomic E-state index is -6.23. The fourth-order valence-electron chi connectivity index (χ4n) is 2.79. The SMILES string of the molecule is CC(=O)OC[C@H]1O[C@@H](OCC[Si](C)(C)C)[C@H](OC(C)=O)[C@@H](OC(C)=O)[C@H]1OS(=O)(=O)C(F)(F)F. The van der Waals surface area contributed by atoms with Crippen molar-refractivity contribution in [3.05, 3.63) is 0 Å². The first kappa shape index (κ1) is 30.3. The van der Waals surface area contributed by atoms with E-state index < -0.39 is 78.9 Å². The highest BCUT2D eigenvalue weighted by molar-refractivity contribution is 7.87. The standard InChI is InChI=1S/C18H29F3O11SSi/c1-10(22)28-9-13-14(32-33(25,26)18(19,20)21)15(29-11(2)23)16(30-12(3)24)17(31-13)27-7-8-34(4,5)6/h13-17H,7-9H2,1-6H3/t13-,14+,15+,16-,17-/m1/s1. The lowest BCUT2D eigenvalue weighted by Gasteiger charge is -2.44. The van der Waals surface area contributed by atoms with Crippen molar-refractivity contribution in [2.24, 2.45) is 0 Å². The number of carbonyl (C=O) groups excluding carboxylic acids is 3. The fourth-order valence-corrected chi connectivity index (χ4v) is 4.15. The van der Waals surface area contributed by atoms with E-state index in [4.69, 9.17) is 23.7 Å². The van der Waals surface area contributed by atoms with E-state index in [9.17, 15) is 36.0 Å². The smallest absolute Gasteiger partial charge is 0.463 e. The summed E-state index contributed by atoms with van der Waals surface area (Å²) in [6, 6.07) is 0.606. The highest BCUT2D eigenvalue weighted by atomic mass is 32.2. The van der Waals surface area contributed by atoms with Crippen molar-refractivity contribution in [3.63, 3.8) is 0 Å². The lowest BCUT2D eigenvalue weighted by atomic mass is 9.98. The molecule has 16 heteroatoms. The van der Waals surface area contributed by atoms with Crippen LogP contribution in [0.3, 0.4) is 0 Å². The molecule has 0 aliphatic carbocycles. The quantitative estimate of drug-likeness (QED) is 0.132. The van der Waals surface area contributed by atoms with Crippen LogP contribution in [-0.4, -0.2) is 83.8 Å². The molecule has 0 bridgehead atoms. The molecule has 0 saturated carbocycles. The summed E-state index contributed by atoms with van der Waals surface area (Å²) >= 11 is 0. The van der Waals surface area contributed by atoms with Crippen molar-refractivity contribution >= 4 is 36.1 Å². The number of hydrogen-bond donors (Lipinski definition) is 0. The summed E-state index contributed by atoms with van der Waals surface area (Å²) in [6.07, 6.45) is -9.00. The zero-order chi connectivity index (χ0) is 26.5. The van der Waals surface area contributed by atoms with Gasteiger partial charge in [-0.25, -0.2) is 0 Å². The normalized spacial score (nSPS) is 26.0. The number of rotatable bonds is 10. The van der Waals surface area contributed by atoms with E-state index in [2.05, 4.69) is 4.18 Å². The Hall–Kier alpha value is -1.75. The van der Waals surface area contributed by atoms with Crippen LogP contribution in [0.15, 0.2) is 0 Å². The summed E-state index contributed by atoms with van der Waals surface area (Å²) in [5.41, 5.74) is -5.83. The van der Waals surface area contributed by atoms with Crippen molar-refractivity contribution in [1.82, 2.24) is 0 Å². The summed E-state index contributed by atoms with van der Waals surface area (Å²) in [5, 5.41) is 0. The lowest BCUT2D eigenvalue weighted by molar-refractivity contribution is -0.302. The lowest BCUT2D eigenvalue weighted by Crippen LogP contribution is -2.63. The van der Waals surface area contributed by atoms with E-state index in [-0.39, 0.29) is 6.61 Å². The van der Waals surface area contributed by atoms with Crippen molar-refractivity contribution in [2.75, 3.05) is 13.2 Å². The topological polar surface area (TPSA) is 141 Å². The predicted molar refractivity (Wildman–Crippen MR) is 110 cm³/mol. The van der Waals surface area contributed by atoms with Crippen LogP contribution in [0.5, 0.6) is 0 Å². The predicted octanol–water partition coefficient (Wildman–Crippen LogP) is 1.73. The van der Waals surface area contributed by atoms with Gasteiger partial charge in [0, 0.05) is 35.5 Å². The molecule has 0 amide bonds. The van der Waals surface area contributed by atoms with Crippen LogP contribution in [0.2, 0.25) is 25.7 Å². The third kappa shape index (κ3) is 9.48. The van der Waals surface area contributed by atoms with Gasteiger partial charge in [-0.05, 0) is 6.04 Å². The molecule has 1 aliphatic rings. The molecule has 1 saturated heterocycles. The summed E-state index contributed by atoms with van der Waals surface area (Å²) in [7, 11) is -7.86. The van der Waals surface area contributed by atoms with E-state index in [0.29, 0.717) is 6.04 Å². The maximum absolute atomic E-state index is 13.0. The number of halogens is 3. The number of carbonyl (C=O) groups is 3. The maximum atomic E-state index is 13.0. The zero-order valence-electron chi connectivity index (χ0n) is 19.5. The van der Waals surface area contributed by atoms with Gasteiger partial charge >= 0.3 is 33.5 Å². The van der Waals surface area contributed by atoms with Gasteiger partial charge in [0.05, 0.1) is 0 Å². The van der Waals surface area contributed by atoms with Gasteiger partial charge < -0.3 is 23.7 Å². The van der Waals surface area contributed by atoms with Crippen molar-refractivity contribution < 1.29 is 63.8 Å². The minimum Gasteiger partial charge on any atom is -0.463 e. The van der Waals surface area contributed by atoms with E-state index in [1.54, 1.807) is 0 Å². The van der Waals surface area contributed by atoms with E-state index >= 15 is 0 Å². The van der Waals surface area contributed by atoms with Crippen LogP contribution in [0.4, 0.5) is 13.2 Å². The largest absolute Gasteiger partial charge is 0.523 e. The Morgan fingerprint density at radius 3 is 1.88 bits per heavy atom. The first-order valence-corrected chi connectivity index (χ1v) is 15.2. The highest BCUT2D eigenvalue weighted by Gasteiger charge is 2.57. The molecule has 1 heterocycles. The third-order valence-electron chi connectivity index (χ3n) is 4.30. The van der Waals surface area contributed by atoms with Gasteiger partial charge in [0.25, 0.3) is 0 Å². The van der Waals surface area contributed by atoms with E-state index in [1.807, 2.05) is 19.6 Å². The molecule has 0 aromatic heterocycles. The first-order valence-electron chi connectivity index (χ1n) is 10.1. The van der Waals surface area contributed by atoms with Gasteiger partial charge in [-0.3, -0.25) is 18.6 Å². The number of hydrogen-bond acceptors (Lipinski definition) is 11. The van der Waals surface area contributed by atoms with Crippen molar-refractivity contribution in [2.45, 2.75) is 82.7 Å². The summed E-state index contributed by atoms with van der Waals surface area (Å²) in [5.74, 6) is -2.85. The maximum Gasteiger partial charge on any atom is 0.523 e. The van der Waals surface area contributed by atoms with Crippen LogP contribution in [-0.2, 0) is 52.4 Å². The molecule has 34 heavy (non-hydrogen) atoms. The molecular formula is C18H29F3O11SSi. The highest BCUT2D eigenvalue weighted by Crippen LogP contribution is 2.34. The summed E-state index contributed by atoms with van der Waals surface area (Å²) in [6.45, 7) is 8.30. The van der Waals surface area contributed by atoms with Gasteiger partial charge in [-0.2, -0.15) is 21.6 Å². The Kier molecular flexibility index (Phi) is 10.5. The molecule has 0 aromatic rings. The molecule has 0 radical (unpaired) electrons. The van der Waals surface area contributed by atoms with E-state index in [0.717, 1.165) is 20.8 Å². The van der Waals surface area contributed by atoms with Crippen LogP contribution in [0.1, 0.15) is 20.8 Å². The molecular weight excluding hydrogens is 509 g/mol. The second-order valence-corrected chi connectivity index (χ2v) is 15.8. The third-order valence-corrected chi connectivity index (χ3v) is 7.05. The first-order chi connectivity index (χ1) is 15.3. The Balaban J connectivity index is 3.45. The van der Waals surface area contributed by atoms with Crippen molar-refractivity contribution in [3.8, 4) is 0 Å². The van der Waals surface area contributed by atoms with Gasteiger partial charge in [0.1, 0.15) is 18.8 Å². The fraction of sp³-hybridized carbons (Fsp3) is 0.833. The number of alkyl halides is 3. The molecule has 0 aromatic carbocycles. The Bertz CT molecular complexity index is 841. The summed E-state index contributed by atoms with van der Waals surface area (Å²) < 4.78 is 93.0. The molecule has 0 unspecified atom stereocenters. The molecule has 11 nitrogen and oxygen atoms in total. The van der Waals surface area contributed by atoms with Crippen LogP contribution in [0.25, 0.3) is 0 Å².